The Morgan fingerprint density at radius 1 is 1.10 bits per heavy atom. The average Bonchev–Trinajstić information content (AvgIpc) is 3.44. The summed E-state index contributed by atoms with van der Waals surface area (Å²) in [6.07, 6.45) is 5.39. The molecule has 0 saturated carbocycles. The Kier molecular flexibility index (Phi) is 6.66. The summed E-state index contributed by atoms with van der Waals surface area (Å²) in [5.41, 5.74) is 1.91. The minimum absolute atomic E-state index is 0.0455. The van der Waals surface area contributed by atoms with Gasteiger partial charge in [-0.25, -0.2) is 4.39 Å². The molecule has 2 aromatic heterocycles. The number of H-pyrrole nitrogens is 1. The van der Waals surface area contributed by atoms with Gasteiger partial charge < -0.3 is 15.3 Å². The van der Waals surface area contributed by atoms with Crippen LogP contribution in [-0.4, -0.2) is 51.2 Å². The third-order valence-corrected chi connectivity index (χ3v) is 5.00. The van der Waals surface area contributed by atoms with Crippen molar-refractivity contribution in [3.63, 3.8) is 0 Å². The first-order valence-corrected chi connectivity index (χ1v) is 10.1. The maximum atomic E-state index is 14.4. The number of anilines is 1. The number of rotatable bonds is 3. The van der Waals surface area contributed by atoms with E-state index >= 15 is 0 Å². The van der Waals surface area contributed by atoms with Crippen LogP contribution in [-0.2, 0) is 0 Å². The normalized spacial score (nSPS) is 13.8. The predicted octanol–water partition coefficient (Wildman–Crippen LogP) is 3.98. The van der Waals surface area contributed by atoms with Crippen LogP contribution in [0, 0.1) is 5.82 Å². The minimum Gasteiger partial charge on any atom is -0.507 e. The van der Waals surface area contributed by atoms with Gasteiger partial charge in [-0.3, -0.25) is 5.10 Å². The van der Waals surface area contributed by atoms with Crippen molar-refractivity contribution in [2.45, 2.75) is 39.2 Å². The lowest BCUT2D eigenvalue weighted by atomic mass is 10.0. The van der Waals surface area contributed by atoms with E-state index in [1.807, 2.05) is 13.1 Å². The van der Waals surface area contributed by atoms with Crippen LogP contribution in [0.2, 0.25) is 0 Å². The van der Waals surface area contributed by atoms with Crippen molar-refractivity contribution in [3.8, 4) is 28.1 Å². The fourth-order valence-corrected chi connectivity index (χ4v) is 2.97. The number of halogens is 1. The Morgan fingerprint density at radius 2 is 1.80 bits per heavy atom. The fraction of sp³-hybridized carbons (Fsp3) is 0.409. The Morgan fingerprint density at radius 3 is 2.33 bits per heavy atom. The first-order valence-electron chi connectivity index (χ1n) is 10.1. The number of nitrogens with one attached hydrogen (secondary N) is 2. The smallest absolute Gasteiger partial charge is 0.151 e. The number of hydrogen-bond acceptors (Lipinski definition) is 6. The predicted molar refractivity (Wildman–Crippen MR) is 117 cm³/mol. The molecule has 1 aliphatic rings. The average molecular weight is 413 g/mol. The summed E-state index contributed by atoms with van der Waals surface area (Å²) in [4.78, 5) is 2.17. The van der Waals surface area contributed by atoms with Gasteiger partial charge in [-0.15, -0.1) is 10.2 Å². The number of nitrogens with zero attached hydrogens (tertiary/aromatic N) is 4. The van der Waals surface area contributed by atoms with Crippen LogP contribution < -0.4 is 10.2 Å². The molecule has 0 amide bonds. The number of phenolic OH excluding ortho intramolecular Hbond substituents is 1. The van der Waals surface area contributed by atoms with Crippen molar-refractivity contribution < 1.29 is 9.50 Å². The second-order valence-electron chi connectivity index (χ2n) is 8.31. The maximum absolute atomic E-state index is 14.4. The van der Waals surface area contributed by atoms with Crippen molar-refractivity contribution in [2.75, 3.05) is 25.0 Å². The highest BCUT2D eigenvalue weighted by Crippen LogP contribution is 2.34. The summed E-state index contributed by atoms with van der Waals surface area (Å²) >= 11 is 0. The Hall–Kier alpha value is -3.00. The van der Waals surface area contributed by atoms with Crippen LogP contribution in [0.15, 0.2) is 36.7 Å². The van der Waals surface area contributed by atoms with Gasteiger partial charge in [0, 0.05) is 41.5 Å². The maximum Gasteiger partial charge on any atom is 0.151 e. The van der Waals surface area contributed by atoms with E-state index in [0.717, 1.165) is 31.7 Å². The number of hydrogen-bond donors (Lipinski definition) is 3. The SMILES string of the molecule is CNC(C)(C)C.Oc1cc(-c2cn[nH]c2)c(F)cc1-c1ccc(N2CCCC2)nn1. The van der Waals surface area contributed by atoms with E-state index in [1.54, 1.807) is 12.3 Å². The van der Waals surface area contributed by atoms with E-state index in [9.17, 15) is 9.50 Å². The van der Waals surface area contributed by atoms with Crippen LogP contribution in [0.5, 0.6) is 5.75 Å². The topological polar surface area (TPSA) is 90.0 Å². The molecule has 0 spiro atoms. The highest BCUT2D eigenvalue weighted by Gasteiger charge is 2.17. The Labute approximate surface area is 176 Å². The number of phenols is 1. The van der Waals surface area contributed by atoms with E-state index in [0.29, 0.717) is 22.4 Å². The molecule has 1 aromatic carbocycles. The molecule has 8 heteroatoms. The zero-order valence-electron chi connectivity index (χ0n) is 17.9. The van der Waals surface area contributed by atoms with Crippen LogP contribution in [0.1, 0.15) is 33.6 Å². The lowest BCUT2D eigenvalue weighted by molar-refractivity contribution is 0.469. The molecule has 7 nitrogen and oxygen atoms in total. The van der Waals surface area contributed by atoms with E-state index in [2.05, 4.69) is 51.4 Å². The van der Waals surface area contributed by atoms with Crippen molar-refractivity contribution in [3.05, 3.63) is 42.5 Å². The first-order chi connectivity index (χ1) is 14.3. The molecule has 3 N–H and O–H groups in total. The summed E-state index contributed by atoms with van der Waals surface area (Å²) in [5, 5.41) is 28.2. The molecule has 1 aliphatic heterocycles. The molecule has 4 rings (SSSR count). The highest BCUT2D eigenvalue weighted by atomic mass is 19.1. The molecule has 1 fully saturated rings. The van der Waals surface area contributed by atoms with Crippen molar-refractivity contribution in [1.82, 2.24) is 25.7 Å². The van der Waals surface area contributed by atoms with Crippen LogP contribution in [0.4, 0.5) is 10.2 Å². The molecule has 160 valence electrons. The summed E-state index contributed by atoms with van der Waals surface area (Å²) < 4.78 is 14.4. The quantitative estimate of drug-likeness (QED) is 0.603. The molecule has 1 saturated heterocycles. The van der Waals surface area contributed by atoms with E-state index in [4.69, 9.17) is 0 Å². The lowest BCUT2D eigenvalue weighted by Crippen LogP contribution is -2.31. The van der Waals surface area contributed by atoms with Gasteiger partial charge in [0.1, 0.15) is 11.6 Å². The molecule has 0 radical (unpaired) electrons. The molecule has 0 atom stereocenters. The van der Waals surface area contributed by atoms with Gasteiger partial charge in [0.15, 0.2) is 5.82 Å². The van der Waals surface area contributed by atoms with Crippen LogP contribution >= 0.6 is 0 Å². The van der Waals surface area contributed by atoms with Crippen molar-refractivity contribution in [1.29, 1.82) is 0 Å². The van der Waals surface area contributed by atoms with Crippen LogP contribution in [0.3, 0.4) is 0 Å². The molecular formula is C22H29FN6O. The number of aromatic amines is 1. The standard InChI is InChI=1S/C17H16FN5O.C5H13N/c18-14-7-13(16(24)8-12(14)11-9-19-20-10-11)15-3-4-17(22-21-15)23-5-1-2-6-23;1-5(2,3)6-4/h3-4,7-10,24H,1-2,5-6H2,(H,19,20);6H,1-4H3. The van der Waals surface area contributed by atoms with Gasteiger partial charge in [0.2, 0.25) is 0 Å². The van der Waals surface area contributed by atoms with Gasteiger partial charge in [-0.05, 0) is 64.9 Å². The monoisotopic (exact) mass is 412 g/mol. The summed E-state index contributed by atoms with van der Waals surface area (Å²) in [5.74, 6) is 0.316. The highest BCUT2D eigenvalue weighted by molar-refractivity contribution is 5.74. The van der Waals surface area contributed by atoms with E-state index < -0.39 is 5.82 Å². The van der Waals surface area contributed by atoms with E-state index in [-0.39, 0.29) is 11.3 Å². The minimum atomic E-state index is -0.449. The second kappa shape index (κ2) is 9.21. The molecule has 0 unspecified atom stereocenters. The zero-order chi connectivity index (χ0) is 21.7. The molecule has 30 heavy (non-hydrogen) atoms. The molecule has 3 heterocycles. The van der Waals surface area contributed by atoms with Crippen molar-refractivity contribution >= 4 is 5.82 Å². The second-order valence-corrected chi connectivity index (χ2v) is 8.31. The van der Waals surface area contributed by atoms with Gasteiger partial charge in [0.05, 0.1) is 11.9 Å². The molecule has 3 aromatic rings. The number of aromatic hydroxyl groups is 1. The van der Waals surface area contributed by atoms with Gasteiger partial charge in [-0.2, -0.15) is 5.10 Å². The summed E-state index contributed by atoms with van der Waals surface area (Å²) in [7, 11) is 1.96. The Balaban J connectivity index is 0.000000377. The largest absolute Gasteiger partial charge is 0.507 e. The summed E-state index contributed by atoms with van der Waals surface area (Å²) in [6, 6.07) is 6.27. The Bertz CT molecular complexity index is 945. The number of benzene rings is 1. The fourth-order valence-electron chi connectivity index (χ4n) is 2.97. The molecule has 0 aliphatic carbocycles. The number of aromatic nitrogens is 4. The van der Waals surface area contributed by atoms with Crippen LogP contribution in [0.25, 0.3) is 22.4 Å². The van der Waals surface area contributed by atoms with Crippen molar-refractivity contribution in [2.24, 2.45) is 0 Å². The van der Waals surface area contributed by atoms with Gasteiger partial charge in [0.25, 0.3) is 0 Å². The first kappa shape index (κ1) is 21.7. The van der Waals surface area contributed by atoms with E-state index in [1.165, 1.54) is 18.3 Å². The molecular weight excluding hydrogens is 383 g/mol. The zero-order valence-corrected chi connectivity index (χ0v) is 17.9. The third-order valence-electron chi connectivity index (χ3n) is 5.00. The van der Waals surface area contributed by atoms with Gasteiger partial charge in [-0.1, -0.05) is 0 Å². The lowest BCUT2D eigenvalue weighted by Gasteiger charge is -2.15. The molecule has 0 bridgehead atoms. The summed E-state index contributed by atoms with van der Waals surface area (Å²) in [6.45, 7) is 8.35. The van der Waals surface area contributed by atoms with Gasteiger partial charge >= 0.3 is 0 Å². The third kappa shape index (κ3) is 5.33.